The molecule has 0 saturated carbocycles. The number of pyridine rings is 1. The van der Waals surface area contributed by atoms with Gasteiger partial charge in [0.15, 0.2) is 0 Å². The number of carbonyl (C=O) groups is 1. The molecule has 1 aromatic heterocycles. The Morgan fingerprint density at radius 1 is 1.00 bits per heavy atom. The Morgan fingerprint density at radius 3 is 2.25 bits per heavy atom. The highest BCUT2D eigenvalue weighted by Gasteiger charge is 2.26. The fraction of sp³-hybridized carbons (Fsp3) is 0.333. The van der Waals surface area contributed by atoms with E-state index >= 15 is 0 Å². The molecule has 0 aliphatic rings. The number of carbonyl (C=O) groups excluding carboxylic acids is 1. The van der Waals surface area contributed by atoms with E-state index in [1.54, 1.807) is 0 Å². The Bertz CT molecular complexity index is 975. The molecule has 2 atom stereocenters. The summed E-state index contributed by atoms with van der Waals surface area (Å²) in [6, 6.07) is 17.7. The van der Waals surface area contributed by atoms with Crippen LogP contribution in [-0.2, 0) is 0 Å². The van der Waals surface area contributed by atoms with Gasteiger partial charge in [-0.15, -0.1) is 0 Å². The van der Waals surface area contributed by atoms with Crippen molar-refractivity contribution in [2.45, 2.75) is 52.6 Å². The fourth-order valence-corrected chi connectivity index (χ4v) is 3.76. The van der Waals surface area contributed by atoms with Crippen molar-refractivity contribution in [1.82, 2.24) is 9.88 Å². The van der Waals surface area contributed by atoms with E-state index in [2.05, 4.69) is 27.7 Å². The first kappa shape index (κ1) is 20.3. The van der Waals surface area contributed by atoms with Crippen molar-refractivity contribution in [3.05, 3.63) is 65.2 Å². The Kier molecular flexibility index (Phi) is 6.35. The smallest absolute Gasteiger partial charge is 0.255 e. The zero-order valence-electron chi connectivity index (χ0n) is 16.9. The number of para-hydroxylation sites is 1. The summed E-state index contributed by atoms with van der Waals surface area (Å²) in [5.74, 6) is 0.0515. The third-order valence-corrected chi connectivity index (χ3v) is 5.79. The van der Waals surface area contributed by atoms with Gasteiger partial charge in [0.2, 0.25) is 0 Å². The molecule has 0 radical (unpaired) electrons. The topological polar surface area (TPSA) is 33.2 Å². The van der Waals surface area contributed by atoms with Crippen LogP contribution in [0, 0.1) is 0 Å². The van der Waals surface area contributed by atoms with E-state index in [9.17, 15) is 4.79 Å². The van der Waals surface area contributed by atoms with Crippen LogP contribution in [0.3, 0.4) is 0 Å². The van der Waals surface area contributed by atoms with Crippen molar-refractivity contribution >= 4 is 28.4 Å². The van der Waals surface area contributed by atoms with Crippen molar-refractivity contribution in [2.24, 2.45) is 0 Å². The number of amides is 1. The second-order valence-electron chi connectivity index (χ2n) is 7.28. The predicted octanol–water partition coefficient (Wildman–Crippen LogP) is 6.59. The molecule has 0 N–H and O–H groups in total. The molecule has 3 aromatic rings. The number of benzene rings is 2. The van der Waals surface area contributed by atoms with Crippen LogP contribution in [-0.4, -0.2) is 27.9 Å². The van der Waals surface area contributed by atoms with E-state index < -0.39 is 0 Å². The molecule has 0 spiro atoms. The molecule has 2 aromatic carbocycles. The molecule has 1 amide bonds. The van der Waals surface area contributed by atoms with E-state index in [4.69, 9.17) is 16.6 Å². The summed E-state index contributed by atoms with van der Waals surface area (Å²) in [7, 11) is 0. The minimum Gasteiger partial charge on any atom is -0.333 e. The lowest BCUT2D eigenvalue weighted by Gasteiger charge is -2.34. The third kappa shape index (κ3) is 3.90. The monoisotopic (exact) mass is 394 g/mol. The lowest BCUT2D eigenvalue weighted by Crippen LogP contribution is -2.44. The van der Waals surface area contributed by atoms with E-state index in [0.29, 0.717) is 10.6 Å². The van der Waals surface area contributed by atoms with Crippen LogP contribution in [0.4, 0.5) is 0 Å². The molecular formula is C24H27ClN2O. The van der Waals surface area contributed by atoms with Crippen molar-refractivity contribution in [2.75, 3.05) is 0 Å². The van der Waals surface area contributed by atoms with Crippen LogP contribution in [0.25, 0.3) is 22.2 Å². The Hall–Kier alpha value is -2.39. The van der Waals surface area contributed by atoms with Gasteiger partial charge in [0.1, 0.15) is 0 Å². The zero-order valence-corrected chi connectivity index (χ0v) is 17.7. The van der Waals surface area contributed by atoms with Crippen molar-refractivity contribution in [3.63, 3.8) is 0 Å². The predicted molar refractivity (Wildman–Crippen MR) is 118 cm³/mol. The van der Waals surface area contributed by atoms with Gasteiger partial charge in [-0.25, -0.2) is 4.98 Å². The van der Waals surface area contributed by atoms with Gasteiger partial charge in [-0.2, -0.15) is 0 Å². The summed E-state index contributed by atoms with van der Waals surface area (Å²) in [5.41, 5.74) is 3.04. The van der Waals surface area contributed by atoms with E-state index in [1.165, 1.54) is 0 Å². The first-order valence-corrected chi connectivity index (χ1v) is 10.3. The standard InChI is InChI=1S/C24H27ClN2O/c1-5-16(3)27(17(4)6-2)24(28)20-15-23(19-12-7-9-13-21(19)25)26-22-14-10-8-11-18(20)22/h7-17H,5-6H2,1-4H3. The highest BCUT2D eigenvalue weighted by atomic mass is 35.5. The van der Waals surface area contributed by atoms with Gasteiger partial charge in [-0.05, 0) is 44.9 Å². The molecule has 0 aliphatic heterocycles. The van der Waals surface area contributed by atoms with Crippen LogP contribution in [0.15, 0.2) is 54.6 Å². The molecule has 1 heterocycles. The minimum atomic E-state index is 0.0515. The summed E-state index contributed by atoms with van der Waals surface area (Å²) in [5, 5.41) is 1.50. The highest BCUT2D eigenvalue weighted by molar-refractivity contribution is 6.33. The average Bonchev–Trinajstić information content (AvgIpc) is 2.72. The molecule has 2 unspecified atom stereocenters. The lowest BCUT2D eigenvalue weighted by molar-refractivity contribution is 0.0600. The van der Waals surface area contributed by atoms with E-state index in [1.807, 2.05) is 59.5 Å². The largest absolute Gasteiger partial charge is 0.333 e. The molecule has 0 saturated heterocycles. The first-order valence-electron chi connectivity index (χ1n) is 9.95. The number of halogens is 1. The van der Waals surface area contributed by atoms with Gasteiger partial charge < -0.3 is 4.90 Å². The Morgan fingerprint density at radius 2 is 1.61 bits per heavy atom. The first-order chi connectivity index (χ1) is 13.5. The van der Waals surface area contributed by atoms with Crippen LogP contribution in [0.2, 0.25) is 5.02 Å². The van der Waals surface area contributed by atoms with Gasteiger partial charge in [0.25, 0.3) is 5.91 Å². The molecule has 0 fully saturated rings. The second kappa shape index (κ2) is 8.74. The maximum Gasteiger partial charge on any atom is 0.255 e. The van der Waals surface area contributed by atoms with Gasteiger partial charge in [0.05, 0.1) is 16.8 Å². The summed E-state index contributed by atoms with van der Waals surface area (Å²) < 4.78 is 0. The van der Waals surface area contributed by atoms with Crippen molar-refractivity contribution < 1.29 is 4.79 Å². The molecule has 28 heavy (non-hydrogen) atoms. The molecule has 146 valence electrons. The molecule has 4 heteroatoms. The van der Waals surface area contributed by atoms with Crippen LogP contribution in [0.5, 0.6) is 0 Å². The van der Waals surface area contributed by atoms with Crippen molar-refractivity contribution in [3.8, 4) is 11.3 Å². The van der Waals surface area contributed by atoms with Crippen LogP contribution in [0.1, 0.15) is 50.9 Å². The summed E-state index contributed by atoms with van der Waals surface area (Å²) in [6.45, 7) is 8.46. The minimum absolute atomic E-state index is 0.0515. The van der Waals surface area contributed by atoms with E-state index in [0.717, 1.165) is 35.0 Å². The summed E-state index contributed by atoms with van der Waals surface area (Å²) in [6.07, 6.45) is 1.83. The molecule has 3 rings (SSSR count). The quantitative estimate of drug-likeness (QED) is 0.472. The number of nitrogens with zero attached hydrogens (tertiary/aromatic N) is 2. The number of aromatic nitrogens is 1. The lowest BCUT2D eigenvalue weighted by atomic mass is 10.0. The SMILES string of the molecule is CCC(C)N(C(=O)c1cc(-c2ccccc2Cl)nc2ccccc12)C(C)CC. The third-order valence-electron chi connectivity index (χ3n) is 5.46. The maximum atomic E-state index is 13.7. The van der Waals surface area contributed by atoms with Gasteiger partial charge in [-0.1, -0.05) is 61.8 Å². The summed E-state index contributed by atoms with van der Waals surface area (Å²) in [4.78, 5) is 20.5. The Labute approximate surface area is 172 Å². The van der Waals surface area contributed by atoms with Gasteiger partial charge >= 0.3 is 0 Å². The normalized spacial score (nSPS) is 13.3. The second-order valence-corrected chi connectivity index (χ2v) is 7.69. The highest BCUT2D eigenvalue weighted by Crippen LogP contribution is 2.31. The number of fused-ring (bicyclic) bond motifs is 1. The number of hydrogen-bond acceptors (Lipinski definition) is 2. The van der Waals surface area contributed by atoms with Crippen molar-refractivity contribution in [1.29, 1.82) is 0 Å². The zero-order chi connectivity index (χ0) is 20.3. The van der Waals surface area contributed by atoms with E-state index in [-0.39, 0.29) is 18.0 Å². The molecule has 3 nitrogen and oxygen atoms in total. The molecule has 0 aliphatic carbocycles. The van der Waals surface area contributed by atoms with Gasteiger partial charge in [-0.3, -0.25) is 4.79 Å². The van der Waals surface area contributed by atoms with Crippen LogP contribution < -0.4 is 0 Å². The van der Waals surface area contributed by atoms with Crippen LogP contribution >= 0.6 is 11.6 Å². The number of rotatable bonds is 6. The molecule has 0 bridgehead atoms. The summed E-state index contributed by atoms with van der Waals surface area (Å²) >= 11 is 6.41. The molecular weight excluding hydrogens is 368 g/mol. The Balaban J connectivity index is 2.21. The fourth-order valence-electron chi connectivity index (χ4n) is 3.53. The maximum absolute atomic E-state index is 13.7. The van der Waals surface area contributed by atoms with Gasteiger partial charge in [0, 0.05) is 28.1 Å². The average molecular weight is 395 g/mol. The number of hydrogen-bond donors (Lipinski definition) is 0.